The van der Waals surface area contributed by atoms with Crippen LogP contribution in [0.15, 0.2) is 61.1 Å². The van der Waals surface area contributed by atoms with Crippen molar-refractivity contribution in [1.82, 2.24) is 14.8 Å². The largest absolute Gasteiger partial charge is 0.435 e. The van der Waals surface area contributed by atoms with Gasteiger partial charge in [-0.15, -0.1) is 0 Å². The van der Waals surface area contributed by atoms with Crippen molar-refractivity contribution in [2.24, 2.45) is 0 Å². The van der Waals surface area contributed by atoms with Crippen molar-refractivity contribution in [3.05, 3.63) is 77.9 Å². The summed E-state index contributed by atoms with van der Waals surface area (Å²) in [5.74, 6) is -0.294. The number of aromatic nitrogens is 3. The first-order chi connectivity index (χ1) is 11.9. The van der Waals surface area contributed by atoms with Crippen LogP contribution in [-0.4, -0.2) is 20.7 Å². The van der Waals surface area contributed by atoms with Crippen LogP contribution in [0.1, 0.15) is 21.6 Å². The molecule has 0 aliphatic carbocycles. The van der Waals surface area contributed by atoms with Crippen LogP contribution in [0.3, 0.4) is 0 Å². The minimum atomic E-state index is -4.46. The molecule has 0 fully saturated rings. The highest BCUT2D eigenvalue weighted by atomic mass is 19.4. The van der Waals surface area contributed by atoms with E-state index in [0.29, 0.717) is 11.3 Å². The Labute approximate surface area is 141 Å². The first kappa shape index (κ1) is 16.7. The number of anilines is 1. The molecule has 5 nitrogen and oxygen atoms in total. The number of nitrogens with zero attached hydrogens (tertiary/aromatic N) is 3. The average Bonchev–Trinajstić information content (AvgIpc) is 3.05. The van der Waals surface area contributed by atoms with Gasteiger partial charge >= 0.3 is 6.18 Å². The van der Waals surface area contributed by atoms with Gasteiger partial charge in [0.15, 0.2) is 5.69 Å². The highest BCUT2D eigenvalue weighted by Crippen LogP contribution is 2.27. The number of hydrogen-bond donors (Lipinski definition) is 1. The van der Waals surface area contributed by atoms with Crippen LogP contribution in [0.5, 0.6) is 0 Å². The Morgan fingerprint density at radius 3 is 2.48 bits per heavy atom. The summed E-state index contributed by atoms with van der Waals surface area (Å²) in [6.07, 6.45) is -0.0580. The molecule has 1 N–H and O–H groups in total. The summed E-state index contributed by atoms with van der Waals surface area (Å²) < 4.78 is 38.8. The Morgan fingerprint density at radius 2 is 1.88 bits per heavy atom. The molecule has 0 saturated carbocycles. The first-order valence-corrected chi connectivity index (χ1v) is 7.33. The molecule has 2 aromatic heterocycles. The Balaban J connectivity index is 1.66. The molecule has 0 saturated heterocycles. The fourth-order valence-corrected chi connectivity index (χ4v) is 2.19. The van der Waals surface area contributed by atoms with Crippen molar-refractivity contribution in [3.8, 4) is 0 Å². The van der Waals surface area contributed by atoms with Gasteiger partial charge in [0.05, 0.1) is 18.4 Å². The molecule has 25 heavy (non-hydrogen) atoms. The first-order valence-electron chi connectivity index (χ1n) is 7.33. The number of benzene rings is 1. The van der Waals surface area contributed by atoms with Crippen LogP contribution in [0.2, 0.25) is 0 Å². The van der Waals surface area contributed by atoms with Crippen molar-refractivity contribution in [2.75, 3.05) is 5.32 Å². The van der Waals surface area contributed by atoms with E-state index in [-0.39, 0.29) is 12.5 Å². The molecule has 0 spiro atoms. The quantitative estimate of drug-likeness (QED) is 0.785. The second-order valence-electron chi connectivity index (χ2n) is 5.29. The maximum absolute atomic E-state index is 12.5. The molecular formula is C17H13F3N4O. The molecule has 0 bridgehead atoms. The number of carbonyl (C=O) groups excluding carboxylic acids is 1. The number of amides is 1. The standard InChI is InChI=1S/C17H13F3N4O/c18-17(19,20)15-7-9-24(23-15)11-12-3-5-13(6-4-12)16(25)22-14-2-1-8-21-10-14/h1-10H,11H2,(H,22,25). The zero-order chi connectivity index (χ0) is 17.9. The van der Waals surface area contributed by atoms with Gasteiger partial charge in [-0.05, 0) is 35.9 Å². The highest BCUT2D eigenvalue weighted by Gasteiger charge is 2.33. The van der Waals surface area contributed by atoms with Crippen LogP contribution >= 0.6 is 0 Å². The molecule has 2 heterocycles. The summed E-state index contributed by atoms with van der Waals surface area (Å²) in [6, 6.07) is 10.9. The zero-order valence-electron chi connectivity index (χ0n) is 12.9. The van der Waals surface area contributed by atoms with Gasteiger partial charge < -0.3 is 5.32 Å². The van der Waals surface area contributed by atoms with Crippen LogP contribution in [0, 0.1) is 0 Å². The topological polar surface area (TPSA) is 59.8 Å². The number of halogens is 3. The SMILES string of the molecule is O=C(Nc1cccnc1)c1ccc(Cn2ccc(C(F)(F)F)n2)cc1. The summed E-state index contributed by atoms with van der Waals surface area (Å²) in [6.45, 7) is 0.181. The van der Waals surface area contributed by atoms with Crippen LogP contribution in [-0.2, 0) is 12.7 Å². The summed E-state index contributed by atoms with van der Waals surface area (Å²) in [4.78, 5) is 16.0. The summed E-state index contributed by atoms with van der Waals surface area (Å²) in [5, 5.41) is 6.20. The molecule has 1 aromatic carbocycles. The number of alkyl halides is 3. The van der Waals surface area contributed by atoms with Gasteiger partial charge in [0.25, 0.3) is 5.91 Å². The lowest BCUT2D eigenvalue weighted by molar-refractivity contribution is -0.141. The van der Waals surface area contributed by atoms with E-state index < -0.39 is 11.9 Å². The lowest BCUT2D eigenvalue weighted by atomic mass is 10.1. The molecule has 1 amide bonds. The summed E-state index contributed by atoms with van der Waals surface area (Å²) >= 11 is 0. The van der Waals surface area contributed by atoms with E-state index in [1.54, 1.807) is 42.6 Å². The van der Waals surface area contributed by atoms with Crippen LogP contribution in [0.25, 0.3) is 0 Å². The predicted molar refractivity (Wildman–Crippen MR) is 85.0 cm³/mol. The van der Waals surface area contributed by atoms with Crippen molar-refractivity contribution >= 4 is 11.6 Å². The predicted octanol–water partition coefficient (Wildman–Crippen LogP) is 3.60. The van der Waals surface area contributed by atoms with Gasteiger partial charge in [0.2, 0.25) is 0 Å². The molecule has 0 radical (unpaired) electrons. The van der Waals surface area contributed by atoms with Crippen molar-refractivity contribution in [2.45, 2.75) is 12.7 Å². The third kappa shape index (κ3) is 4.23. The second kappa shape index (κ2) is 6.76. The van der Waals surface area contributed by atoms with E-state index in [4.69, 9.17) is 0 Å². The van der Waals surface area contributed by atoms with Crippen LogP contribution in [0.4, 0.5) is 18.9 Å². The Bertz CT molecular complexity index is 858. The number of nitrogens with one attached hydrogen (secondary N) is 1. The Hall–Kier alpha value is -3.16. The Morgan fingerprint density at radius 1 is 1.12 bits per heavy atom. The molecule has 0 aliphatic heterocycles. The molecule has 8 heteroatoms. The van der Waals surface area contributed by atoms with E-state index in [1.165, 1.54) is 17.1 Å². The van der Waals surface area contributed by atoms with Gasteiger partial charge in [0.1, 0.15) is 0 Å². The molecule has 128 valence electrons. The minimum Gasteiger partial charge on any atom is -0.321 e. The van der Waals surface area contributed by atoms with Crippen molar-refractivity contribution in [1.29, 1.82) is 0 Å². The van der Waals surface area contributed by atoms with Gasteiger partial charge in [-0.1, -0.05) is 12.1 Å². The van der Waals surface area contributed by atoms with Gasteiger partial charge in [0, 0.05) is 18.0 Å². The van der Waals surface area contributed by atoms with Crippen molar-refractivity contribution in [3.63, 3.8) is 0 Å². The lowest BCUT2D eigenvalue weighted by Gasteiger charge is -2.06. The van der Waals surface area contributed by atoms with E-state index in [0.717, 1.165) is 11.6 Å². The van der Waals surface area contributed by atoms with Gasteiger partial charge in [-0.3, -0.25) is 14.5 Å². The maximum atomic E-state index is 12.5. The third-order valence-electron chi connectivity index (χ3n) is 3.41. The number of pyridine rings is 1. The fraction of sp³-hybridized carbons (Fsp3) is 0.118. The number of carbonyl (C=O) groups is 1. The molecule has 0 unspecified atom stereocenters. The van der Waals surface area contributed by atoms with Gasteiger partial charge in [-0.25, -0.2) is 0 Å². The average molecular weight is 346 g/mol. The molecule has 3 rings (SSSR count). The molecule has 0 atom stereocenters. The van der Waals surface area contributed by atoms with Crippen LogP contribution < -0.4 is 5.32 Å². The van der Waals surface area contributed by atoms with E-state index in [1.807, 2.05) is 0 Å². The third-order valence-corrected chi connectivity index (χ3v) is 3.41. The van der Waals surface area contributed by atoms with Crippen molar-refractivity contribution < 1.29 is 18.0 Å². The maximum Gasteiger partial charge on any atom is 0.435 e. The molecule has 3 aromatic rings. The smallest absolute Gasteiger partial charge is 0.321 e. The Kier molecular flexibility index (Phi) is 4.51. The molecular weight excluding hydrogens is 333 g/mol. The second-order valence-corrected chi connectivity index (χ2v) is 5.29. The normalized spacial score (nSPS) is 11.3. The summed E-state index contributed by atoms with van der Waals surface area (Å²) in [5.41, 5.74) is 0.812. The van der Waals surface area contributed by atoms with Gasteiger partial charge in [-0.2, -0.15) is 18.3 Å². The minimum absolute atomic E-state index is 0.181. The number of rotatable bonds is 4. The monoisotopic (exact) mass is 346 g/mol. The lowest BCUT2D eigenvalue weighted by Crippen LogP contribution is -2.12. The van der Waals surface area contributed by atoms with E-state index in [9.17, 15) is 18.0 Å². The van der Waals surface area contributed by atoms with E-state index in [2.05, 4.69) is 15.4 Å². The highest BCUT2D eigenvalue weighted by molar-refractivity contribution is 6.04. The fourth-order valence-electron chi connectivity index (χ4n) is 2.19. The molecule has 0 aliphatic rings. The zero-order valence-corrected chi connectivity index (χ0v) is 12.9. The van der Waals surface area contributed by atoms with E-state index >= 15 is 0 Å². The number of hydrogen-bond acceptors (Lipinski definition) is 3. The summed E-state index contributed by atoms with van der Waals surface area (Å²) in [7, 11) is 0.